The Hall–Kier alpha value is -3.79. The second-order valence-corrected chi connectivity index (χ2v) is 13.8. The molecule has 3 unspecified atom stereocenters. The van der Waals surface area contributed by atoms with Crippen molar-refractivity contribution in [1.29, 1.82) is 0 Å². The van der Waals surface area contributed by atoms with Gasteiger partial charge in [-0.15, -0.1) is 0 Å². The van der Waals surface area contributed by atoms with Gasteiger partial charge in [-0.3, -0.25) is 9.59 Å². The summed E-state index contributed by atoms with van der Waals surface area (Å²) in [7, 11) is -1.99. The van der Waals surface area contributed by atoms with Crippen molar-refractivity contribution in [2.24, 2.45) is 0 Å². The van der Waals surface area contributed by atoms with E-state index in [1.54, 1.807) is 0 Å². The highest BCUT2D eigenvalue weighted by Crippen LogP contribution is 2.40. The summed E-state index contributed by atoms with van der Waals surface area (Å²) in [6.45, 7) is 7.32. The van der Waals surface area contributed by atoms with Crippen molar-refractivity contribution < 1.29 is 32.7 Å². The van der Waals surface area contributed by atoms with E-state index in [0.717, 1.165) is 15.9 Å². The summed E-state index contributed by atoms with van der Waals surface area (Å²) in [5.41, 5.74) is 0.212. The Morgan fingerprint density at radius 3 is 1.85 bits per heavy atom. The third kappa shape index (κ3) is 6.75. The van der Waals surface area contributed by atoms with Crippen LogP contribution in [0, 0.1) is 0 Å². The number of ether oxygens (including phenoxy) is 2. The van der Waals surface area contributed by atoms with Crippen LogP contribution in [0.4, 0.5) is 0 Å². The van der Waals surface area contributed by atoms with Crippen molar-refractivity contribution in [1.82, 2.24) is 4.90 Å². The van der Waals surface area contributed by atoms with E-state index in [1.807, 2.05) is 112 Å². The number of β-lactam (4-membered cyclic amide) rings is 1. The molecule has 0 radical (unpaired) electrons. The fourth-order valence-electron chi connectivity index (χ4n) is 5.16. The van der Waals surface area contributed by atoms with Gasteiger partial charge in [0, 0.05) is 20.0 Å². The first-order chi connectivity index (χ1) is 19.6. The van der Waals surface area contributed by atoms with Gasteiger partial charge < -0.3 is 23.2 Å². The van der Waals surface area contributed by atoms with Gasteiger partial charge in [0.2, 0.25) is 6.10 Å². The van der Waals surface area contributed by atoms with Crippen LogP contribution in [0.15, 0.2) is 91.0 Å². The van der Waals surface area contributed by atoms with Crippen LogP contribution in [0.5, 0.6) is 0 Å². The number of methoxy groups -OCH3 is 1. The molecule has 0 N–H and O–H groups in total. The lowest BCUT2D eigenvalue weighted by molar-refractivity contribution is -0.191. The SMILES string of the molecule is COC(=O)C(CCO[Si](OC(C)(C)C)(c1ccccc1)c1ccccc1)N1C(=O)C(OC(C)=O)C1c1ccccc1. The molecule has 0 aromatic heterocycles. The lowest BCUT2D eigenvalue weighted by atomic mass is 9.88. The molecule has 4 rings (SSSR count). The van der Waals surface area contributed by atoms with Crippen LogP contribution < -0.4 is 10.4 Å². The number of likely N-dealkylation sites (tertiary alicyclic amines) is 1. The molecule has 1 heterocycles. The Balaban J connectivity index is 1.67. The normalized spacial score (nSPS) is 17.9. The van der Waals surface area contributed by atoms with Crippen LogP contribution >= 0.6 is 0 Å². The number of hydrogen-bond donors (Lipinski definition) is 0. The minimum Gasteiger partial charge on any atom is -0.467 e. The zero-order chi connectivity index (χ0) is 29.6. The first-order valence-electron chi connectivity index (χ1n) is 13.6. The number of rotatable bonds is 11. The number of nitrogens with zero attached hydrogens (tertiary/aromatic N) is 1. The molecule has 1 amide bonds. The van der Waals surface area contributed by atoms with Crippen LogP contribution in [0.1, 0.15) is 45.7 Å². The summed E-state index contributed by atoms with van der Waals surface area (Å²) in [6.07, 6.45) is -0.870. The Labute approximate surface area is 242 Å². The van der Waals surface area contributed by atoms with Crippen LogP contribution in [0.25, 0.3) is 0 Å². The quantitative estimate of drug-likeness (QED) is 0.196. The molecule has 1 saturated heterocycles. The van der Waals surface area contributed by atoms with Gasteiger partial charge >= 0.3 is 20.5 Å². The maximum atomic E-state index is 13.3. The topological polar surface area (TPSA) is 91.4 Å². The minimum atomic E-state index is -3.28. The molecule has 3 aromatic carbocycles. The molecule has 1 fully saturated rings. The zero-order valence-electron chi connectivity index (χ0n) is 24.1. The molecule has 3 atom stereocenters. The lowest BCUT2D eigenvalue weighted by Gasteiger charge is -2.49. The smallest absolute Gasteiger partial charge is 0.407 e. The molecule has 0 aliphatic carbocycles. The van der Waals surface area contributed by atoms with Gasteiger partial charge in [-0.2, -0.15) is 0 Å². The Morgan fingerprint density at radius 1 is 0.878 bits per heavy atom. The van der Waals surface area contributed by atoms with E-state index in [-0.39, 0.29) is 13.0 Å². The monoisotopic (exact) mass is 575 g/mol. The van der Waals surface area contributed by atoms with E-state index in [4.69, 9.17) is 18.3 Å². The van der Waals surface area contributed by atoms with Crippen molar-refractivity contribution in [2.45, 2.75) is 57.9 Å². The number of esters is 2. The maximum absolute atomic E-state index is 13.3. The fraction of sp³-hybridized carbons (Fsp3) is 0.344. The second kappa shape index (κ2) is 12.8. The standard InChI is InChI=1S/C32H37NO7Si/c1-23(34)39-29-28(24-15-9-6-10-16-24)33(30(29)35)27(31(36)37-5)21-22-38-41(40-32(2,3)4,25-17-11-7-12-18-25)26-19-13-8-14-20-26/h6-20,27-29H,21-22H2,1-5H3. The van der Waals surface area contributed by atoms with E-state index in [2.05, 4.69) is 0 Å². The highest BCUT2D eigenvalue weighted by molar-refractivity contribution is 6.92. The fourth-order valence-corrected chi connectivity index (χ4v) is 8.65. The number of carbonyl (C=O) groups excluding carboxylic acids is 3. The second-order valence-electron chi connectivity index (χ2n) is 10.9. The molecule has 0 saturated carbocycles. The molecule has 3 aromatic rings. The van der Waals surface area contributed by atoms with Crippen LogP contribution in [-0.4, -0.2) is 62.8 Å². The molecule has 8 nitrogen and oxygen atoms in total. The Kier molecular flexibility index (Phi) is 9.42. The largest absolute Gasteiger partial charge is 0.467 e. The molecular weight excluding hydrogens is 538 g/mol. The molecule has 1 aliphatic heterocycles. The number of amides is 1. The van der Waals surface area contributed by atoms with Gasteiger partial charge in [0.1, 0.15) is 12.1 Å². The van der Waals surface area contributed by atoms with Gasteiger partial charge in [-0.25, -0.2) is 4.79 Å². The van der Waals surface area contributed by atoms with Crippen molar-refractivity contribution in [2.75, 3.05) is 13.7 Å². The van der Waals surface area contributed by atoms with E-state index >= 15 is 0 Å². The first kappa shape index (κ1) is 30.2. The van der Waals surface area contributed by atoms with Crippen molar-refractivity contribution >= 4 is 36.8 Å². The summed E-state index contributed by atoms with van der Waals surface area (Å²) < 4.78 is 24.1. The van der Waals surface area contributed by atoms with Gasteiger partial charge in [-0.05, 0) is 36.7 Å². The molecule has 216 valence electrons. The van der Waals surface area contributed by atoms with Crippen LogP contribution in [0.2, 0.25) is 0 Å². The molecule has 1 aliphatic rings. The third-order valence-corrected chi connectivity index (χ3v) is 10.5. The molecule has 41 heavy (non-hydrogen) atoms. The van der Waals surface area contributed by atoms with Gasteiger partial charge in [0.05, 0.1) is 12.7 Å². The molecule has 9 heteroatoms. The summed E-state index contributed by atoms with van der Waals surface area (Å²) >= 11 is 0. The predicted octanol–water partition coefficient (Wildman–Crippen LogP) is 3.52. The van der Waals surface area contributed by atoms with E-state index in [9.17, 15) is 14.4 Å². The molecular formula is C32H37NO7Si. The molecule has 0 spiro atoms. The summed E-state index contributed by atoms with van der Waals surface area (Å²) in [5, 5.41) is 1.85. The first-order valence-corrected chi connectivity index (χ1v) is 15.5. The van der Waals surface area contributed by atoms with Crippen LogP contribution in [0.3, 0.4) is 0 Å². The molecule has 0 bridgehead atoms. The van der Waals surface area contributed by atoms with E-state index < -0.39 is 50.2 Å². The average molecular weight is 576 g/mol. The third-order valence-electron chi connectivity index (χ3n) is 6.78. The van der Waals surface area contributed by atoms with E-state index in [1.165, 1.54) is 18.9 Å². The van der Waals surface area contributed by atoms with Crippen molar-refractivity contribution in [3.8, 4) is 0 Å². The summed E-state index contributed by atoms with van der Waals surface area (Å²) in [6, 6.07) is 27.3. The average Bonchev–Trinajstić information content (AvgIpc) is 2.97. The number of carbonyl (C=O) groups is 3. The van der Waals surface area contributed by atoms with Crippen molar-refractivity contribution in [3.63, 3.8) is 0 Å². The van der Waals surface area contributed by atoms with Crippen LogP contribution in [-0.2, 0) is 32.7 Å². The number of hydrogen-bond acceptors (Lipinski definition) is 7. The lowest BCUT2D eigenvalue weighted by Crippen LogP contribution is -2.67. The van der Waals surface area contributed by atoms with Gasteiger partial charge in [-0.1, -0.05) is 91.0 Å². The van der Waals surface area contributed by atoms with Crippen molar-refractivity contribution in [3.05, 3.63) is 96.6 Å². The summed E-state index contributed by atoms with van der Waals surface area (Å²) in [4.78, 5) is 39.7. The number of benzene rings is 3. The zero-order valence-corrected chi connectivity index (χ0v) is 25.1. The maximum Gasteiger partial charge on any atom is 0.407 e. The van der Waals surface area contributed by atoms with Gasteiger partial charge in [0.25, 0.3) is 5.91 Å². The highest BCUT2D eigenvalue weighted by Gasteiger charge is 2.55. The highest BCUT2D eigenvalue weighted by atomic mass is 28.4. The predicted molar refractivity (Wildman–Crippen MR) is 157 cm³/mol. The van der Waals surface area contributed by atoms with Gasteiger partial charge in [0.15, 0.2) is 0 Å². The minimum absolute atomic E-state index is 0.107. The van der Waals surface area contributed by atoms with E-state index in [0.29, 0.717) is 0 Å². The Bertz CT molecular complexity index is 1290. The summed E-state index contributed by atoms with van der Waals surface area (Å²) in [5.74, 6) is -1.60. The Morgan fingerprint density at radius 2 is 1.39 bits per heavy atom.